The second kappa shape index (κ2) is 4.97. The first-order chi connectivity index (χ1) is 6.24. The zero-order valence-electron chi connectivity index (χ0n) is 8.54. The maximum absolute atomic E-state index is 4.10. The highest BCUT2D eigenvalue weighted by Crippen LogP contribution is 2.07. The summed E-state index contributed by atoms with van der Waals surface area (Å²) >= 11 is 0. The van der Waals surface area contributed by atoms with Crippen LogP contribution in [0.15, 0.2) is 6.33 Å². The van der Waals surface area contributed by atoms with Crippen molar-refractivity contribution in [1.29, 1.82) is 0 Å². The molecule has 4 nitrogen and oxygen atoms in total. The number of H-pyrrole nitrogens is 1. The Morgan fingerprint density at radius 1 is 1.54 bits per heavy atom. The lowest BCUT2D eigenvalue weighted by Crippen LogP contribution is -2.29. The number of nitrogens with zero attached hydrogens (tertiary/aromatic N) is 2. The van der Waals surface area contributed by atoms with Crippen molar-refractivity contribution >= 4 is 0 Å². The van der Waals surface area contributed by atoms with Crippen molar-refractivity contribution in [3.8, 4) is 0 Å². The summed E-state index contributed by atoms with van der Waals surface area (Å²) in [4.78, 5) is 4.10. The summed E-state index contributed by atoms with van der Waals surface area (Å²) in [5.74, 6) is 0.906. The molecule has 0 radical (unpaired) electrons. The molecular formula is C9H18N4. The Hall–Kier alpha value is -0.900. The standard InChI is InChI=1S/C9H18N4/c1-4-5-7(2)12-8(3)9-10-6-11-13-9/h6-8,12H,4-5H2,1-3H3,(H,10,11,13). The maximum Gasteiger partial charge on any atom is 0.141 e. The van der Waals surface area contributed by atoms with Crippen molar-refractivity contribution < 1.29 is 0 Å². The topological polar surface area (TPSA) is 53.6 Å². The molecule has 2 unspecified atom stereocenters. The van der Waals surface area contributed by atoms with E-state index in [-0.39, 0.29) is 6.04 Å². The first-order valence-electron chi connectivity index (χ1n) is 4.85. The van der Waals surface area contributed by atoms with Gasteiger partial charge in [0, 0.05) is 6.04 Å². The number of nitrogens with one attached hydrogen (secondary N) is 2. The van der Waals surface area contributed by atoms with Crippen LogP contribution in [0.3, 0.4) is 0 Å². The Labute approximate surface area is 79.2 Å². The monoisotopic (exact) mass is 182 g/mol. The van der Waals surface area contributed by atoms with Crippen molar-refractivity contribution in [1.82, 2.24) is 20.5 Å². The Kier molecular flexibility index (Phi) is 3.89. The van der Waals surface area contributed by atoms with Gasteiger partial charge in [0.05, 0.1) is 6.04 Å². The number of hydrogen-bond donors (Lipinski definition) is 2. The van der Waals surface area contributed by atoms with Gasteiger partial charge in [0.25, 0.3) is 0 Å². The minimum Gasteiger partial charge on any atom is -0.305 e. The van der Waals surface area contributed by atoms with Crippen molar-refractivity contribution in [2.75, 3.05) is 0 Å². The Morgan fingerprint density at radius 2 is 2.31 bits per heavy atom. The predicted octanol–water partition coefficient (Wildman–Crippen LogP) is 1.64. The van der Waals surface area contributed by atoms with Gasteiger partial charge in [-0.05, 0) is 20.3 Å². The normalized spacial score (nSPS) is 15.6. The fraction of sp³-hybridized carbons (Fsp3) is 0.778. The number of rotatable bonds is 5. The van der Waals surface area contributed by atoms with Crippen LogP contribution in [0.1, 0.15) is 45.5 Å². The van der Waals surface area contributed by atoms with Gasteiger partial charge in [-0.3, -0.25) is 5.10 Å². The predicted molar refractivity (Wildman–Crippen MR) is 52.3 cm³/mol. The van der Waals surface area contributed by atoms with Gasteiger partial charge in [-0.25, -0.2) is 4.98 Å². The summed E-state index contributed by atoms with van der Waals surface area (Å²) in [6, 6.07) is 0.786. The lowest BCUT2D eigenvalue weighted by molar-refractivity contribution is 0.441. The van der Waals surface area contributed by atoms with Gasteiger partial charge in [0.1, 0.15) is 12.2 Å². The van der Waals surface area contributed by atoms with Gasteiger partial charge < -0.3 is 5.32 Å². The van der Waals surface area contributed by atoms with E-state index in [2.05, 4.69) is 41.3 Å². The molecule has 0 aliphatic heterocycles. The van der Waals surface area contributed by atoms with Crippen molar-refractivity contribution in [2.45, 2.75) is 45.7 Å². The Morgan fingerprint density at radius 3 is 2.85 bits per heavy atom. The molecule has 1 heterocycles. The van der Waals surface area contributed by atoms with E-state index in [1.807, 2.05) is 0 Å². The summed E-state index contributed by atoms with van der Waals surface area (Å²) in [6.45, 7) is 6.47. The molecular weight excluding hydrogens is 164 g/mol. The largest absolute Gasteiger partial charge is 0.305 e. The third-order valence-electron chi connectivity index (χ3n) is 2.10. The molecule has 0 saturated carbocycles. The molecule has 74 valence electrons. The van der Waals surface area contributed by atoms with E-state index in [0.29, 0.717) is 6.04 Å². The van der Waals surface area contributed by atoms with Crippen LogP contribution in [0, 0.1) is 0 Å². The summed E-state index contributed by atoms with van der Waals surface area (Å²) in [7, 11) is 0. The van der Waals surface area contributed by atoms with E-state index < -0.39 is 0 Å². The minimum absolute atomic E-state index is 0.254. The molecule has 1 aromatic heterocycles. The van der Waals surface area contributed by atoms with Crippen molar-refractivity contribution in [3.63, 3.8) is 0 Å². The second-order valence-electron chi connectivity index (χ2n) is 3.45. The highest BCUT2D eigenvalue weighted by molar-refractivity contribution is 4.89. The maximum atomic E-state index is 4.10. The van der Waals surface area contributed by atoms with Crippen molar-refractivity contribution in [2.24, 2.45) is 0 Å². The van der Waals surface area contributed by atoms with Crippen LogP contribution in [0.5, 0.6) is 0 Å². The van der Waals surface area contributed by atoms with Gasteiger partial charge >= 0.3 is 0 Å². The molecule has 0 aliphatic rings. The Bertz CT molecular complexity index is 220. The fourth-order valence-corrected chi connectivity index (χ4v) is 1.45. The summed E-state index contributed by atoms with van der Waals surface area (Å²) in [6.07, 6.45) is 3.94. The summed E-state index contributed by atoms with van der Waals surface area (Å²) < 4.78 is 0. The van der Waals surface area contributed by atoms with Gasteiger partial charge in [-0.2, -0.15) is 5.10 Å². The molecule has 0 saturated heterocycles. The molecule has 2 N–H and O–H groups in total. The van der Waals surface area contributed by atoms with Crippen LogP contribution in [-0.2, 0) is 0 Å². The molecule has 0 aliphatic carbocycles. The first kappa shape index (κ1) is 10.2. The van der Waals surface area contributed by atoms with E-state index in [9.17, 15) is 0 Å². The van der Waals surface area contributed by atoms with Crippen LogP contribution in [-0.4, -0.2) is 21.2 Å². The molecule has 1 aromatic rings. The first-order valence-corrected chi connectivity index (χ1v) is 4.85. The summed E-state index contributed by atoms with van der Waals surface area (Å²) in [5, 5.41) is 10.1. The molecule has 13 heavy (non-hydrogen) atoms. The van der Waals surface area contributed by atoms with E-state index in [0.717, 1.165) is 5.82 Å². The zero-order chi connectivity index (χ0) is 9.68. The second-order valence-corrected chi connectivity index (χ2v) is 3.45. The van der Waals surface area contributed by atoms with E-state index in [1.165, 1.54) is 19.2 Å². The average molecular weight is 182 g/mol. The number of aromatic amines is 1. The molecule has 4 heteroatoms. The third kappa shape index (κ3) is 3.14. The lowest BCUT2D eigenvalue weighted by Gasteiger charge is -2.17. The molecule has 1 rings (SSSR count). The van der Waals surface area contributed by atoms with Crippen LogP contribution in [0.25, 0.3) is 0 Å². The molecule has 0 aromatic carbocycles. The smallest absolute Gasteiger partial charge is 0.141 e. The fourth-order valence-electron chi connectivity index (χ4n) is 1.45. The highest BCUT2D eigenvalue weighted by atomic mass is 15.2. The molecule has 0 spiro atoms. The van der Waals surface area contributed by atoms with Crippen molar-refractivity contribution in [3.05, 3.63) is 12.2 Å². The SMILES string of the molecule is CCCC(C)NC(C)c1ncn[nH]1. The molecule has 0 fully saturated rings. The molecule has 0 bridgehead atoms. The van der Waals surface area contributed by atoms with Crippen LogP contribution in [0.2, 0.25) is 0 Å². The Balaban J connectivity index is 2.37. The van der Waals surface area contributed by atoms with Gasteiger partial charge in [0.2, 0.25) is 0 Å². The van der Waals surface area contributed by atoms with Crippen LogP contribution < -0.4 is 5.32 Å². The number of hydrogen-bond acceptors (Lipinski definition) is 3. The highest BCUT2D eigenvalue weighted by Gasteiger charge is 2.10. The van der Waals surface area contributed by atoms with Crippen LogP contribution in [0.4, 0.5) is 0 Å². The van der Waals surface area contributed by atoms with Gasteiger partial charge in [0.15, 0.2) is 0 Å². The quantitative estimate of drug-likeness (QED) is 0.728. The van der Waals surface area contributed by atoms with Crippen LogP contribution >= 0.6 is 0 Å². The molecule has 0 amide bonds. The average Bonchev–Trinajstić information content (AvgIpc) is 2.55. The van der Waals surface area contributed by atoms with E-state index in [1.54, 1.807) is 0 Å². The number of aromatic nitrogens is 3. The third-order valence-corrected chi connectivity index (χ3v) is 2.10. The van der Waals surface area contributed by atoms with Gasteiger partial charge in [-0.15, -0.1) is 0 Å². The van der Waals surface area contributed by atoms with E-state index in [4.69, 9.17) is 0 Å². The minimum atomic E-state index is 0.254. The summed E-state index contributed by atoms with van der Waals surface area (Å²) in [5.41, 5.74) is 0. The zero-order valence-corrected chi connectivity index (χ0v) is 8.54. The lowest BCUT2D eigenvalue weighted by atomic mass is 10.1. The van der Waals surface area contributed by atoms with E-state index >= 15 is 0 Å². The molecule has 2 atom stereocenters. The van der Waals surface area contributed by atoms with Gasteiger partial charge in [-0.1, -0.05) is 13.3 Å².